The third-order valence-electron chi connectivity index (χ3n) is 4.32. The summed E-state index contributed by atoms with van der Waals surface area (Å²) in [7, 11) is 1.76. The van der Waals surface area contributed by atoms with Crippen molar-refractivity contribution in [2.45, 2.75) is 26.3 Å². The van der Waals surface area contributed by atoms with Gasteiger partial charge in [-0.15, -0.1) is 24.0 Å². The molecular formula is C20H30IN3O3. The van der Waals surface area contributed by atoms with E-state index < -0.39 is 0 Å². The van der Waals surface area contributed by atoms with Crippen LogP contribution in [0.1, 0.15) is 25.3 Å². The summed E-state index contributed by atoms with van der Waals surface area (Å²) in [6.07, 6.45) is 3.54. The molecule has 150 valence electrons. The zero-order chi connectivity index (χ0) is 18.8. The van der Waals surface area contributed by atoms with Crippen LogP contribution in [0.5, 0.6) is 5.75 Å². The fourth-order valence-electron chi connectivity index (χ4n) is 3.07. The SMILES string of the molecule is C=CCOc1ccccc1CNC(=NC)N1CCCC(C(=O)OCC)C1.I. The molecule has 1 N–H and O–H groups in total. The van der Waals surface area contributed by atoms with Crippen molar-refractivity contribution in [1.82, 2.24) is 10.2 Å². The molecule has 0 radical (unpaired) electrons. The summed E-state index contributed by atoms with van der Waals surface area (Å²) in [4.78, 5) is 18.5. The lowest BCUT2D eigenvalue weighted by molar-refractivity contribution is -0.149. The average Bonchev–Trinajstić information content (AvgIpc) is 2.68. The summed E-state index contributed by atoms with van der Waals surface area (Å²) in [5, 5.41) is 3.38. The Morgan fingerprint density at radius 1 is 1.44 bits per heavy atom. The predicted molar refractivity (Wildman–Crippen MR) is 119 cm³/mol. The Labute approximate surface area is 179 Å². The highest BCUT2D eigenvalue weighted by molar-refractivity contribution is 14.0. The minimum Gasteiger partial charge on any atom is -0.489 e. The van der Waals surface area contributed by atoms with Gasteiger partial charge in [0.05, 0.1) is 12.5 Å². The van der Waals surface area contributed by atoms with Gasteiger partial charge in [0.2, 0.25) is 0 Å². The second-order valence-corrected chi connectivity index (χ2v) is 6.15. The molecule has 7 heteroatoms. The number of ether oxygens (including phenoxy) is 2. The van der Waals surface area contributed by atoms with Crippen LogP contribution in [0.4, 0.5) is 0 Å². The van der Waals surface area contributed by atoms with Crippen LogP contribution >= 0.6 is 24.0 Å². The highest BCUT2D eigenvalue weighted by atomic mass is 127. The topological polar surface area (TPSA) is 63.2 Å². The Bertz CT molecular complexity index is 637. The molecule has 0 saturated carbocycles. The summed E-state index contributed by atoms with van der Waals surface area (Å²) in [6.45, 7) is 8.52. The third kappa shape index (κ3) is 7.04. The molecule has 6 nitrogen and oxygen atoms in total. The number of piperidine rings is 1. The number of aliphatic imine (C=N–C) groups is 1. The van der Waals surface area contributed by atoms with E-state index in [1.54, 1.807) is 13.1 Å². The molecule has 1 aliphatic heterocycles. The zero-order valence-corrected chi connectivity index (χ0v) is 18.5. The molecule has 1 fully saturated rings. The lowest BCUT2D eigenvalue weighted by Gasteiger charge is -2.34. The number of likely N-dealkylation sites (tertiary alicyclic amines) is 1. The molecule has 1 unspecified atom stereocenters. The number of esters is 1. The van der Waals surface area contributed by atoms with Crippen molar-refractivity contribution in [2.24, 2.45) is 10.9 Å². The molecule has 0 aromatic heterocycles. The molecule has 0 aliphatic carbocycles. The summed E-state index contributed by atoms with van der Waals surface area (Å²) in [6, 6.07) is 7.90. The molecule has 1 saturated heterocycles. The van der Waals surface area contributed by atoms with Gasteiger partial charge in [-0.1, -0.05) is 30.9 Å². The van der Waals surface area contributed by atoms with Gasteiger partial charge in [-0.2, -0.15) is 0 Å². The number of benzene rings is 1. The van der Waals surface area contributed by atoms with Crippen LogP contribution in [0.25, 0.3) is 0 Å². The molecule has 1 heterocycles. The number of guanidine groups is 1. The second kappa shape index (κ2) is 12.6. The van der Waals surface area contributed by atoms with Crippen LogP contribution in [0.2, 0.25) is 0 Å². The molecule has 0 spiro atoms. The normalized spacial score (nSPS) is 16.9. The number of rotatable bonds is 7. The lowest BCUT2D eigenvalue weighted by Crippen LogP contribution is -2.48. The van der Waals surface area contributed by atoms with Crippen molar-refractivity contribution >= 4 is 35.9 Å². The van der Waals surface area contributed by atoms with E-state index in [1.807, 2.05) is 31.2 Å². The molecule has 27 heavy (non-hydrogen) atoms. The smallest absolute Gasteiger partial charge is 0.310 e. The first-order valence-electron chi connectivity index (χ1n) is 9.13. The molecule has 1 atom stereocenters. The Hall–Kier alpha value is -1.77. The van der Waals surface area contributed by atoms with Crippen molar-refractivity contribution in [2.75, 3.05) is 33.4 Å². The first-order valence-corrected chi connectivity index (χ1v) is 9.13. The highest BCUT2D eigenvalue weighted by Gasteiger charge is 2.28. The fourth-order valence-corrected chi connectivity index (χ4v) is 3.07. The predicted octanol–water partition coefficient (Wildman–Crippen LogP) is 3.22. The van der Waals surface area contributed by atoms with Crippen molar-refractivity contribution in [3.63, 3.8) is 0 Å². The minimum absolute atomic E-state index is 0. The number of carbonyl (C=O) groups excluding carboxylic acids is 1. The Balaban J connectivity index is 0.00000364. The van der Waals surface area contributed by atoms with E-state index in [2.05, 4.69) is 21.8 Å². The van der Waals surface area contributed by atoms with Gasteiger partial charge in [0.1, 0.15) is 12.4 Å². The number of carbonyl (C=O) groups is 1. The van der Waals surface area contributed by atoms with Crippen LogP contribution < -0.4 is 10.1 Å². The van der Waals surface area contributed by atoms with E-state index in [1.165, 1.54) is 0 Å². The maximum absolute atomic E-state index is 12.0. The largest absolute Gasteiger partial charge is 0.489 e. The summed E-state index contributed by atoms with van der Waals surface area (Å²) < 4.78 is 10.9. The monoisotopic (exact) mass is 487 g/mol. The van der Waals surface area contributed by atoms with Gasteiger partial charge in [0.25, 0.3) is 0 Å². The maximum Gasteiger partial charge on any atom is 0.310 e. The van der Waals surface area contributed by atoms with Crippen LogP contribution in [0.15, 0.2) is 41.9 Å². The number of nitrogens with one attached hydrogen (secondary N) is 1. The first-order chi connectivity index (χ1) is 12.7. The number of nitrogens with zero attached hydrogens (tertiary/aromatic N) is 2. The molecular weight excluding hydrogens is 457 g/mol. The van der Waals surface area contributed by atoms with Crippen LogP contribution in [0, 0.1) is 5.92 Å². The van der Waals surface area contributed by atoms with Crippen molar-refractivity contribution in [3.8, 4) is 5.75 Å². The maximum atomic E-state index is 12.0. The van der Waals surface area contributed by atoms with Crippen molar-refractivity contribution in [3.05, 3.63) is 42.5 Å². The Kier molecular flexibility index (Phi) is 10.8. The summed E-state index contributed by atoms with van der Waals surface area (Å²) in [5.41, 5.74) is 1.05. The van der Waals surface area contributed by atoms with Gasteiger partial charge in [-0.25, -0.2) is 0 Å². The van der Waals surface area contributed by atoms with Gasteiger partial charge in [0, 0.05) is 32.2 Å². The molecule has 1 aliphatic rings. The summed E-state index contributed by atoms with van der Waals surface area (Å²) >= 11 is 0. The van der Waals surface area contributed by atoms with E-state index in [0.29, 0.717) is 26.3 Å². The lowest BCUT2D eigenvalue weighted by atomic mass is 9.98. The van der Waals surface area contributed by atoms with E-state index in [-0.39, 0.29) is 35.9 Å². The van der Waals surface area contributed by atoms with Crippen LogP contribution in [-0.4, -0.2) is 50.2 Å². The first kappa shape index (κ1) is 23.3. The second-order valence-electron chi connectivity index (χ2n) is 6.15. The van der Waals surface area contributed by atoms with Gasteiger partial charge in [-0.3, -0.25) is 9.79 Å². The Morgan fingerprint density at radius 3 is 2.93 bits per heavy atom. The standard InChI is InChI=1S/C20H29N3O3.HI/c1-4-13-26-18-11-7-6-9-16(18)14-22-20(21-3)23-12-8-10-17(15-23)19(24)25-5-2;/h4,6-7,9,11,17H,1,5,8,10,12-15H2,2-3H3,(H,21,22);1H. The van der Waals surface area contributed by atoms with Gasteiger partial charge in [0.15, 0.2) is 5.96 Å². The molecule has 0 bridgehead atoms. The van der Waals surface area contributed by atoms with E-state index in [0.717, 1.165) is 36.7 Å². The Morgan fingerprint density at radius 2 is 2.22 bits per heavy atom. The molecule has 1 aromatic rings. The number of para-hydroxylation sites is 1. The molecule has 1 aromatic carbocycles. The van der Waals surface area contributed by atoms with Crippen LogP contribution in [0.3, 0.4) is 0 Å². The molecule has 0 amide bonds. The zero-order valence-electron chi connectivity index (χ0n) is 16.1. The van der Waals surface area contributed by atoms with Gasteiger partial charge >= 0.3 is 5.97 Å². The third-order valence-corrected chi connectivity index (χ3v) is 4.32. The average molecular weight is 487 g/mol. The van der Waals surface area contributed by atoms with E-state index in [9.17, 15) is 4.79 Å². The fraction of sp³-hybridized carbons (Fsp3) is 0.500. The number of hydrogen-bond acceptors (Lipinski definition) is 4. The van der Waals surface area contributed by atoms with E-state index >= 15 is 0 Å². The van der Waals surface area contributed by atoms with Crippen molar-refractivity contribution < 1.29 is 14.3 Å². The number of hydrogen-bond donors (Lipinski definition) is 1. The minimum atomic E-state index is -0.115. The van der Waals surface area contributed by atoms with Crippen molar-refractivity contribution in [1.29, 1.82) is 0 Å². The van der Waals surface area contributed by atoms with Crippen LogP contribution in [-0.2, 0) is 16.1 Å². The highest BCUT2D eigenvalue weighted by Crippen LogP contribution is 2.20. The van der Waals surface area contributed by atoms with Gasteiger partial charge in [-0.05, 0) is 25.8 Å². The quantitative estimate of drug-likeness (QED) is 0.211. The summed E-state index contributed by atoms with van der Waals surface area (Å²) in [5.74, 6) is 1.41. The van der Waals surface area contributed by atoms with E-state index in [4.69, 9.17) is 9.47 Å². The number of halogens is 1. The van der Waals surface area contributed by atoms with Gasteiger partial charge < -0.3 is 19.7 Å². The molecule has 2 rings (SSSR count).